The van der Waals surface area contributed by atoms with E-state index in [4.69, 9.17) is 4.74 Å². The van der Waals surface area contributed by atoms with Crippen molar-refractivity contribution in [2.24, 2.45) is 5.92 Å². The van der Waals surface area contributed by atoms with Crippen LogP contribution in [0.2, 0.25) is 0 Å². The van der Waals surface area contributed by atoms with Crippen molar-refractivity contribution in [3.63, 3.8) is 0 Å². The van der Waals surface area contributed by atoms with Crippen molar-refractivity contribution in [2.75, 3.05) is 26.8 Å². The third-order valence-corrected chi connectivity index (χ3v) is 3.10. The highest BCUT2D eigenvalue weighted by Gasteiger charge is 2.13. The predicted octanol–water partition coefficient (Wildman–Crippen LogP) is 0.984. The number of nitrogens with zero attached hydrogens (tertiary/aromatic N) is 1. The minimum atomic E-state index is -0.560. The van der Waals surface area contributed by atoms with E-state index in [1.165, 1.54) is 20.0 Å². The standard InChI is InChI=1S/C15H18N2O3/c1-19-15(18)7-5-12-4-6-14(17-10-12)20-11-13-3-2-8-16-9-13/h4,6,10,13,16H,2-3,8-9,11H2,1H3. The highest BCUT2D eigenvalue weighted by molar-refractivity contribution is 5.88. The molecule has 1 fully saturated rings. The van der Waals surface area contributed by atoms with Gasteiger partial charge in [-0.05, 0) is 25.5 Å². The van der Waals surface area contributed by atoms with Crippen LogP contribution in [0, 0.1) is 17.8 Å². The Bertz CT molecular complexity index is 496. The largest absolute Gasteiger partial charge is 0.477 e. The Hall–Kier alpha value is -2.06. The molecule has 0 radical (unpaired) electrons. The van der Waals surface area contributed by atoms with Crippen molar-refractivity contribution in [3.8, 4) is 17.7 Å². The molecule has 1 saturated heterocycles. The fourth-order valence-electron chi connectivity index (χ4n) is 1.98. The van der Waals surface area contributed by atoms with E-state index >= 15 is 0 Å². The second-order valence-corrected chi connectivity index (χ2v) is 4.65. The summed E-state index contributed by atoms with van der Waals surface area (Å²) in [5.74, 6) is 5.60. The number of ether oxygens (including phenoxy) is 2. The second kappa shape index (κ2) is 7.51. The number of nitrogens with one attached hydrogen (secondary N) is 1. The summed E-state index contributed by atoms with van der Waals surface area (Å²) in [6.45, 7) is 2.78. The third-order valence-electron chi connectivity index (χ3n) is 3.10. The number of hydrogen-bond acceptors (Lipinski definition) is 5. The highest BCUT2D eigenvalue weighted by atomic mass is 16.5. The third kappa shape index (κ3) is 4.56. The lowest BCUT2D eigenvalue weighted by molar-refractivity contribution is -0.133. The zero-order chi connectivity index (χ0) is 14.2. The van der Waals surface area contributed by atoms with Crippen molar-refractivity contribution < 1.29 is 14.3 Å². The average Bonchev–Trinajstić information content (AvgIpc) is 2.52. The first kappa shape index (κ1) is 14.4. The Balaban J connectivity index is 1.84. The first-order valence-electron chi connectivity index (χ1n) is 6.67. The van der Waals surface area contributed by atoms with Crippen molar-refractivity contribution >= 4 is 5.97 Å². The van der Waals surface area contributed by atoms with Crippen molar-refractivity contribution in [2.45, 2.75) is 12.8 Å². The molecule has 1 N–H and O–H groups in total. The van der Waals surface area contributed by atoms with E-state index in [0.29, 0.717) is 24.0 Å². The molecule has 1 aromatic rings. The van der Waals surface area contributed by atoms with Gasteiger partial charge in [-0.2, -0.15) is 0 Å². The molecule has 1 aliphatic heterocycles. The van der Waals surface area contributed by atoms with E-state index < -0.39 is 5.97 Å². The van der Waals surface area contributed by atoms with Gasteiger partial charge in [-0.3, -0.25) is 0 Å². The van der Waals surface area contributed by atoms with Gasteiger partial charge in [0.15, 0.2) is 0 Å². The van der Waals surface area contributed by atoms with E-state index in [2.05, 4.69) is 26.9 Å². The molecule has 0 bridgehead atoms. The number of aromatic nitrogens is 1. The molecular weight excluding hydrogens is 256 g/mol. The van der Waals surface area contributed by atoms with E-state index in [0.717, 1.165) is 13.1 Å². The maximum absolute atomic E-state index is 10.9. The van der Waals surface area contributed by atoms with Crippen molar-refractivity contribution in [1.29, 1.82) is 0 Å². The second-order valence-electron chi connectivity index (χ2n) is 4.65. The van der Waals surface area contributed by atoms with Crippen LogP contribution in [-0.4, -0.2) is 37.8 Å². The molecule has 0 saturated carbocycles. The normalized spacial score (nSPS) is 17.8. The fourth-order valence-corrected chi connectivity index (χ4v) is 1.98. The number of rotatable bonds is 3. The zero-order valence-electron chi connectivity index (χ0n) is 11.5. The van der Waals surface area contributed by atoms with Gasteiger partial charge in [0.1, 0.15) is 0 Å². The number of pyridine rings is 1. The van der Waals surface area contributed by atoms with Gasteiger partial charge in [-0.25, -0.2) is 9.78 Å². The monoisotopic (exact) mass is 274 g/mol. The van der Waals surface area contributed by atoms with Gasteiger partial charge in [0.05, 0.1) is 13.7 Å². The summed E-state index contributed by atoms with van der Waals surface area (Å²) in [4.78, 5) is 15.1. The van der Waals surface area contributed by atoms with Crippen LogP contribution in [0.1, 0.15) is 18.4 Å². The molecule has 0 spiro atoms. The van der Waals surface area contributed by atoms with Crippen LogP contribution in [0.5, 0.6) is 5.88 Å². The van der Waals surface area contributed by atoms with E-state index in [1.807, 2.05) is 0 Å². The van der Waals surface area contributed by atoms with Crippen molar-refractivity contribution in [1.82, 2.24) is 10.3 Å². The Kier molecular flexibility index (Phi) is 5.39. The summed E-state index contributed by atoms with van der Waals surface area (Å²) in [6, 6.07) is 3.54. The van der Waals surface area contributed by atoms with Gasteiger partial charge < -0.3 is 14.8 Å². The fraction of sp³-hybridized carbons (Fsp3) is 0.467. The molecule has 106 valence electrons. The lowest BCUT2D eigenvalue weighted by Crippen LogP contribution is -2.33. The smallest absolute Gasteiger partial charge is 0.384 e. The zero-order valence-corrected chi connectivity index (χ0v) is 11.5. The Morgan fingerprint density at radius 2 is 2.45 bits per heavy atom. The molecule has 2 rings (SSSR count). The van der Waals surface area contributed by atoms with Crippen LogP contribution in [0.15, 0.2) is 18.3 Å². The van der Waals surface area contributed by atoms with E-state index in [1.54, 1.807) is 18.3 Å². The average molecular weight is 274 g/mol. The van der Waals surface area contributed by atoms with Gasteiger partial charge >= 0.3 is 5.97 Å². The van der Waals surface area contributed by atoms with Gasteiger partial charge in [-0.1, -0.05) is 5.92 Å². The topological polar surface area (TPSA) is 60.5 Å². The molecule has 2 heterocycles. The molecule has 20 heavy (non-hydrogen) atoms. The van der Waals surface area contributed by atoms with Crippen LogP contribution in [0.25, 0.3) is 0 Å². The number of piperidine rings is 1. The molecule has 0 amide bonds. The molecular formula is C15H18N2O3. The van der Waals surface area contributed by atoms with E-state index in [-0.39, 0.29) is 0 Å². The maximum atomic E-state index is 10.9. The van der Waals surface area contributed by atoms with Crippen LogP contribution in [0.4, 0.5) is 0 Å². The summed E-state index contributed by atoms with van der Waals surface area (Å²) in [6.07, 6.45) is 3.98. The first-order chi connectivity index (χ1) is 9.78. The highest BCUT2D eigenvalue weighted by Crippen LogP contribution is 2.13. The van der Waals surface area contributed by atoms with E-state index in [9.17, 15) is 4.79 Å². The summed E-state index contributed by atoms with van der Waals surface area (Å²) >= 11 is 0. The number of hydrogen-bond donors (Lipinski definition) is 1. The lowest BCUT2D eigenvalue weighted by atomic mass is 10.0. The van der Waals surface area contributed by atoms with Gasteiger partial charge in [0.2, 0.25) is 5.88 Å². The van der Waals surface area contributed by atoms with Crippen LogP contribution < -0.4 is 10.1 Å². The quantitative estimate of drug-likeness (QED) is 0.658. The summed E-state index contributed by atoms with van der Waals surface area (Å²) < 4.78 is 10.1. The minimum Gasteiger partial charge on any atom is -0.477 e. The SMILES string of the molecule is COC(=O)C#Cc1ccc(OCC2CCCNC2)nc1. The predicted molar refractivity (Wildman–Crippen MR) is 74.2 cm³/mol. The van der Waals surface area contributed by atoms with Crippen molar-refractivity contribution in [3.05, 3.63) is 23.9 Å². The molecule has 1 aromatic heterocycles. The van der Waals surface area contributed by atoms with Gasteiger partial charge in [0, 0.05) is 36.2 Å². The summed E-state index contributed by atoms with van der Waals surface area (Å²) in [5.41, 5.74) is 0.655. The Labute approximate surface area is 118 Å². The lowest BCUT2D eigenvalue weighted by Gasteiger charge is -2.22. The van der Waals surface area contributed by atoms with Crippen LogP contribution >= 0.6 is 0 Å². The molecule has 0 aliphatic carbocycles. The first-order valence-corrected chi connectivity index (χ1v) is 6.67. The van der Waals surface area contributed by atoms with Gasteiger partial charge in [0.25, 0.3) is 0 Å². The number of methoxy groups -OCH3 is 1. The molecule has 5 nitrogen and oxygen atoms in total. The Morgan fingerprint density at radius 1 is 1.55 bits per heavy atom. The number of esters is 1. The summed E-state index contributed by atoms with van der Waals surface area (Å²) in [7, 11) is 1.30. The molecule has 5 heteroatoms. The molecule has 1 unspecified atom stereocenters. The van der Waals surface area contributed by atoms with Gasteiger partial charge in [-0.15, -0.1) is 0 Å². The number of carbonyl (C=O) groups excluding carboxylic acids is 1. The molecule has 1 aliphatic rings. The van der Waals surface area contributed by atoms with Crippen LogP contribution in [0.3, 0.4) is 0 Å². The van der Waals surface area contributed by atoms with Crippen LogP contribution in [-0.2, 0) is 9.53 Å². The maximum Gasteiger partial charge on any atom is 0.384 e. The number of carbonyl (C=O) groups is 1. The molecule has 1 atom stereocenters. The molecule has 0 aromatic carbocycles. The minimum absolute atomic E-state index is 0.546. The Morgan fingerprint density at radius 3 is 3.10 bits per heavy atom. The summed E-state index contributed by atoms with van der Waals surface area (Å²) in [5, 5.41) is 3.35.